The van der Waals surface area contributed by atoms with Gasteiger partial charge in [-0.25, -0.2) is 0 Å². The van der Waals surface area contributed by atoms with Crippen LogP contribution in [0.1, 0.15) is 49.7 Å². The first-order chi connectivity index (χ1) is 11.1. The predicted octanol–water partition coefficient (Wildman–Crippen LogP) is 2.70. The van der Waals surface area contributed by atoms with Gasteiger partial charge in [0.15, 0.2) is 0 Å². The Labute approximate surface area is 138 Å². The largest absolute Gasteiger partial charge is 0.353 e. The highest BCUT2D eigenvalue weighted by molar-refractivity contribution is 5.92. The van der Waals surface area contributed by atoms with Crippen molar-refractivity contribution in [3.8, 4) is 0 Å². The molecular formula is C19H26N2O2. The first-order valence-electron chi connectivity index (χ1n) is 8.78. The third-order valence-corrected chi connectivity index (χ3v) is 5.13. The van der Waals surface area contributed by atoms with E-state index in [0.29, 0.717) is 19.0 Å². The van der Waals surface area contributed by atoms with E-state index in [1.165, 1.54) is 24.8 Å². The standard InChI is InChI=1S/C19H26N2O2/c1-13-7-5-6-8-14(13)12-20-18(22)16-11-17(16)19(23)21-15-9-3-2-4-10-15/h5-8,15-17H,2-4,9-12H2,1H3,(H,20,22)(H,21,23). The average Bonchev–Trinajstić information content (AvgIpc) is 3.36. The minimum atomic E-state index is -0.136. The molecule has 2 unspecified atom stereocenters. The van der Waals surface area contributed by atoms with Gasteiger partial charge in [-0.1, -0.05) is 43.5 Å². The van der Waals surface area contributed by atoms with Gasteiger partial charge in [0.2, 0.25) is 11.8 Å². The molecule has 3 rings (SSSR count). The van der Waals surface area contributed by atoms with Crippen LogP contribution in [0.4, 0.5) is 0 Å². The zero-order valence-electron chi connectivity index (χ0n) is 13.8. The fourth-order valence-electron chi connectivity index (χ4n) is 3.45. The van der Waals surface area contributed by atoms with E-state index in [1.54, 1.807) is 0 Å². The van der Waals surface area contributed by atoms with Crippen molar-refractivity contribution < 1.29 is 9.59 Å². The first-order valence-corrected chi connectivity index (χ1v) is 8.78. The number of benzene rings is 1. The molecule has 2 saturated carbocycles. The summed E-state index contributed by atoms with van der Waals surface area (Å²) in [6.07, 6.45) is 6.55. The monoisotopic (exact) mass is 314 g/mol. The molecule has 2 atom stereocenters. The lowest BCUT2D eigenvalue weighted by Gasteiger charge is -2.22. The molecule has 2 aliphatic rings. The average molecular weight is 314 g/mol. The molecule has 1 aromatic carbocycles. The van der Waals surface area contributed by atoms with Crippen LogP contribution in [0.2, 0.25) is 0 Å². The van der Waals surface area contributed by atoms with Crippen LogP contribution in [0.15, 0.2) is 24.3 Å². The molecule has 23 heavy (non-hydrogen) atoms. The van der Waals surface area contributed by atoms with E-state index in [4.69, 9.17) is 0 Å². The number of aryl methyl sites for hydroxylation is 1. The van der Waals surface area contributed by atoms with Gasteiger partial charge in [0.05, 0.1) is 11.8 Å². The van der Waals surface area contributed by atoms with Crippen LogP contribution in [-0.4, -0.2) is 17.9 Å². The van der Waals surface area contributed by atoms with Crippen LogP contribution in [0.25, 0.3) is 0 Å². The summed E-state index contributed by atoms with van der Waals surface area (Å²) in [6.45, 7) is 2.58. The van der Waals surface area contributed by atoms with Crippen molar-refractivity contribution in [2.45, 2.75) is 58.0 Å². The topological polar surface area (TPSA) is 58.2 Å². The summed E-state index contributed by atoms with van der Waals surface area (Å²) in [5.41, 5.74) is 2.31. The normalized spacial score (nSPS) is 24.0. The maximum atomic E-state index is 12.2. The minimum absolute atomic E-state index is 0.0112. The Kier molecular flexibility index (Phi) is 4.99. The molecule has 4 heteroatoms. The first kappa shape index (κ1) is 16.0. The van der Waals surface area contributed by atoms with Crippen molar-refractivity contribution in [1.82, 2.24) is 10.6 Å². The van der Waals surface area contributed by atoms with E-state index in [1.807, 2.05) is 31.2 Å². The van der Waals surface area contributed by atoms with Gasteiger partial charge < -0.3 is 10.6 Å². The molecule has 0 aliphatic heterocycles. The van der Waals surface area contributed by atoms with Crippen molar-refractivity contribution in [1.29, 1.82) is 0 Å². The molecule has 0 spiro atoms. The second-order valence-corrected chi connectivity index (χ2v) is 6.94. The van der Waals surface area contributed by atoms with E-state index in [-0.39, 0.29) is 23.7 Å². The number of carbonyl (C=O) groups excluding carboxylic acids is 2. The fourth-order valence-corrected chi connectivity index (χ4v) is 3.45. The van der Waals surface area contributed by atoms with Crippen LogP contribution in [0.3, 0.4) is 0 Å². The van der Waals surface area contributed by atoms with Crippen molar-refractivity contribution >= 4 is 11.8 Å². The third kappa shape index (κ3) is 4.12. The SMILES string of the molecule is Cc1ccccc1CNC(=O)C1CC1C(=O)NC1CCCCC1. The highest BCUT2D eigenvalue weighted by Crippen LogP contribution is 2.39. The van der Waals surface area contributed by atoms with Crippen molar-refractivity contribution in [3.63, 3.8) is 0 Å². The molecule has 124 valence electrons. The summed E-state index contributed by atoms with van der Waals surface area (Å²) in [5, 5.41) is 6.10. The molecule has 2 fully saturated rings. The van der Waals surface area contributed by atoms with Gasteiger partial charge in [-0.15, -0.1) is 0 Å². The molecule has 2 N–H and O–H groups in total. The lowest BCUT2D eigenvalue weighted by Crippen LogP contribution is -2.38. The van der Waals surface area contributed by atoms with Crippen molar-refractivity contribution in [3.05, 3.63) is 35.4 Å². The molecule has 2 amide bonds. The second-order valence-electron chi connectivity index (χ2n) is 6.94. The van der Waals surface area contributed by atoms with Crippen LogP contribution >= 0.6 is 0 Å². The minimum Gasteiger partial charge on any atom is -0.353 e. The predicted molar refractivity (Wildman–Crippen MR) is 89.6 cm³/mol. The van der Waals surface area contributed by atoms with Gasteiger partial charge in [-0.05, 0) is 37.3 Å². The van der Waals surface area contributed by atoms with Crippen LogP contribution in [0, 0.1) is 18.8 Å². The molecule has 0 heterocycles. The van der Waals surface area contributed by atoms with Crippen molar-refractivity contribution in [2.24, 2.45) is 11.8 Å². The fraction of sp³-hybridized carbons (Fsp3) is 0.579. The van der Waals surface area contributed by atoms with Crippen LogP contribution < -0.4 is 10.6 Å². The maximum absolute atomic E-state index is 12.2. The van der Waals surface area contributed by atoms with E-state index in [9.17, 15) is 9.59 Å². The summed E-state index contributed by atoms with van der Waals surface area (Å²) in [4.78, 5) is 24.4. The van der Waals surface area contributed by atoms with Crippen LogP contribution in [0.5, 0.6) is 0 Å². The summed E-state index contributed by atoms with van der Waals surface area (Å²) >= 11 is 0. The zero-order valence-corrected chi connectivity index (χ0v) is 13.8. The lowest BCUT2D eigenvalue weighted by atomic mass is 9.95. The molecule has 1 aromatic rings. The van der Waals surface area contributed by atoms with Gasteiger partial charge >= 0.3 is 0 Å². The summed E-state index contributed by atoms with van der Waals surface area (Å²) < 4.78 is 0. The Morgan fingerprint density at radius 2 is 1.74 bits per heavy atom. The van der Waals surface area contributed by atoms with Crippen LogP contribution in [-0.2, 0) is 16.1 Å². The van der Waals surface area contributed by atoms with Crippen molar-refractivity contribution in [2.75, 3.05) is 0 Å². The molecule has 4 nitrogen and oxygen atoms in total. The van der Waals surface area contributed by atoms with Gasteiger partial charge in [-0.2, -0.15) is 0 Å². The number of amides is 2. The number of rotatable bonds is 5. The second kappa shape index (κ2) is 7.16. The van der Waals surface area contributed by atoms with E-state index in [2.05, 4.69) is 10.6 Å². The number of hydrogen-bond acceptors (Lipinski definition) is 2. The van der Waals surface area contributed by atoms with Gasteiger partial charge in [0.1, 0.15) is 0 Å². The smallest absolute Gasteiger partial charge is 0.224 e. The Morgan fingerprint density at radius 3 is 2.48 bits per heavy atom. The summed E-state index contributed by atoms with van der Waals surface area (Å²) in [7, 11) is 0. The van der Waals surface area contributed by atoms with E-state index in [0.717, 1.165) is 18.4 Å². The number of hydrogen-bond donors (Lipinski definition) is 2. The molecule has 0 saturated heterocycles. The number of nitrogens with one attached hydrogen (secondary N) is 2. The molecule has 0 radical (unpaired) electrons. The molecular weight excluding hydrogens is 288 g/mol. The van der Waals surface area contributed by atoms with E-state index < -0.39 is 0 Å². The Bertz CT molecular complexity index is 578. The van der Waals surface area contributed by atoms with Gasteiger partial charge in [0.25, 0.3) is 0 Å². The molecule has 0 bridgehead atoms. The zero-order chi connectivity index (χ0) is 16.2. The highest BCUT2D eigenvalue weighted by atomic mass is 16.2. The maximum Gasteiger partial charge on any atom is 0.224 e. The Balaban J connectivity index is 1.43. The Morgan fingerprint density at radius 1 is 1.04 bits per heavy atom. The highest BCUT2D eigenvalue weighted by Gasteiger charge is 2.48. The number of carbonyl (C=O) groups is 2. The quantitative estimate of drug-likeness (QED) is 0.878. The molecule has 0 aromatic heterocycles. The lowest BCUT2D eigenvalue weighted by molar-refractivity contribution is -0.127. The summed E-state index contributed by atoms with van der Waals surface area (Å²) in [5.74, 6) is -0.165. The summed E-state index contributed by atoms with van der Waals surface area (Å²) in [6, 6.07) is 8.36. The van der Waals surface area contributed by atoms with Gasteiger partial charge in [0, 0.05) is 12.6 Å². The Hall–Kier alpha value is -1.84. The third-order valence-electron chi connectivity index (χ3n) is 5.13. The van der Waals surface area contributed by atoms with E-state index >= 15 is 0 Å². The van der Waals surface area contributed by atoms with Gasteiger partial charge in [-0.3, -0.25) is 9.59 Å². The molecule has 2 aliphatic carbocycles.